The summed E-state index contributed by atoms with van der Waals surface area (Å²) >= 11 is 3.11. The van der Waals surface area contributed by atoms with Gasteiger partial charge in [0.25, 0.3) is 5.56 Å². The fourth-order valence-corrected chi connectivity index (χ4v) is 7.51. The normalized spacial score (nSPS) is 17.1. The van der Waals surface area contributed by atoms with Crippen LogP contribution < -0.4 is 10.9 Å². The lowest BCUT2D eigenvalue weighted by Crippen LogP contribution is -2.34. The van der Waals surface area contributed by atoms with Gasteiger partial charge in [0.1, 0.15) is 4.83 Å². The zero-order chi connectivity index (χ0) is 23.5. The van der Waals surface area contributed by atoms with E-state index in [2.05, 4.69) is 24.4 Å². The van der Waals surface area contributed by atoms with Crippen molar-refractivity contribution >= 4 is 39.2 Å². The molecule has 34 heavy (non-hydrogen) atoms. The van der Waals surface area contributed by atoms with Crippen LogP contribution in [-0.4, -0.2) is 27.3 Å². The molecular weight excluding hydrogens is 462 g/mol. The van der Waals surface area contributed by atoms with Crippen molar-refractivity contribution in [3.05, 3.63) is 56.7 Å². The Labute approximate surface area is 209 Å². The fraction of sp³-hybridized carbons (Fsp3) is 0.519. The second-order valence-electron chi connectivity index (χ2n) is 9.68. The summed E-state index contributed by atoms with van der Waals surface area (Å²) in [5.41, 5.74) is 2.65. The molecule has 2 aliphatic rings. The monoisotopic (exact) mass is 495 g/mol. The third-order valence-corrected chi connectivity index (χ3v) is 9.27. The molecule has 0 bridgehead atoms. The highest BCUT2D eigenvalue weighted by Gasteiger charge is 2.27. The van der Waals surface area contributed by atoms with E-state index in [1.807, 2.05) is 22.8 Å². The van der Waals surface area contributed by atoms with Crippen LogP contribution in [0.4, 0.5) is 0 Å². The molecular formula is C27H33N3O2S2. The molecule has 1 fully saturated rings. The van der Waals surface area contributed by atoms with E-state index in [-0.39, 0.29) is 29.3 Å². The van der Waals surface area contributed by atoms with E-state index in [4.69, 9.17) is 4.98 Å². The standard InChI is InChI=1S/C27H33N3O2S2/c1-18(15-16-19-9-3-2-4-10-19)28-23(31)17-33-27-29-25-24(21-13-7-8-14-22(21)34-25)26(32)30(27)20-11-5-6-12-20/h2-4,9-10,18,20H,5-8,11-17H2,1H3,(H,28,31). The number of nitrogens with zero attached hydrogens (tertiary/aromatic N) is 2. The molecule has 7 heteroatoms. The predicted molar refractivity (Wildman–Crippen MR) is 141 cm³/mol. The van der Waals surface area contributed by atoms with E-state index in [9.17, 15) is 9.59 Å². The van der Waals surface area contributed by atoms with Gasteiger partial charge in [-0.3, -0.25) is 14.2 Å². The average Bonchev–Trinajstić information content (AvgIpc) is 3.50. The summed E-state index contributed by atoms with van der Waals surface area (Å²) in [6, 6.07) is 10.7. The van der Waals surface area contributed by atoms with Crippen LogP contribution in [0.2, 0.25) is 0 Å². The Hall–Kier alpha value is -2.12. The molecule has 0 radical (unpaired) electrons. The molecule has 1 saturated carbocycles. The molecule has 0 spiro atoms. The summed E-state index contributed by atoms with van der Waals surface area (Å²) in [5.74, 6) is 0.286. The fourth-order valence-electron chi connectivity index (χ4n) is 5.33. The summed E-state index contributed by atoms with van der Waals surface area (Å²) in [7, 11) is 0. The molecule has 1 N–H and O–H groups in total. The minimum Gasteiger partial charge on any atom is -0.353 e. The molecule has 1 amide bonds. The van der Waals surface area contributed by atoms with Crippen molar-refractivity contribution in [2.24, 2.45) is 0 Å². The molecule has 2 heterocycles. The Bertz CT molecular complexity index is 1210. The first-order chi connectivity index (χ1) is 16.6. The zero-order valence-corrected chi connectivity index (χ0v) is 21.5. The van der Waals surface area contributed by atoms with Gasteiger partial charge in [-0.1, -0.05) is 54.9 Å². The highest BCUT2D eigenvalue weighted by atomic mass is 32.2. The second-order valence-corrected chi connectivity index (χ2v) is 11.7. The SMILES string of the molecule is CC(CCc1ccccc1)NC(=O)CSc1nc2sc3c(c2c(=O)n1C1CCCC1)CCCC3. The predicted octanol–water partition coefficient (Wildman–Crippen LogP) is 5.68. The molecule has 5 nitrogen and oxygen atoms in total. The maximum atomic E-state index is 13.7. The number of benzene rings is 1. The number of fused-ring (bicyclic) bond motifs is 3. The first-order valence-electron chi connectivity index (χ1n) is 12.6. The third kappa shape index (κ3) is 5.10. The van der Waals surface area contributed by atoms with Gasteiger partial charge < -0.3 is 5.32 Å². The summed E-state index contributed by atoms with van der Waals surface area (Å²) < 4.78 is 1.94. The molecule has 0 saturated heterocycles. The van der Waals surface area contributed by atoms with E-state index < -0.39 is 0 Å². The summed E-state index contributed by atoms with van der Waals surface area (Å²) in [6.45, 7) is 2.06. The maximum absolute atomic E-state index is 13.7. The Morgan fingerprint density at radius 3 is 2.74 bits per heavy atom. The summed E-state index contributed by atoms with van der Waals surface area (Å²) in [4.78, 5) is 33.6. The zero-order valence-electron chi connectivity index (χ0n) is 19.8. The molecule has 0 aliphatic heterocycles. The number of hydrogen-bond acceptors (Lipinski definition) is 5. The average molecular weight is 496 g/mol. The molecule has 2 aromatic heterocycles. The van der Waals surface area contributed by atoms with Crippen LogP contribution in [0.25, 0.3) is 10.2 Å². The molecule has 3 aromatic rings. The molecule has 2 aliphatic carbocycles. The van der Waals surface area contributed by atoms with Crippen LogP contribution in [-0.2, 0) is 24.1 Å². The number of amides is 1. The molecule has 1 atom stereocenters. The molecule has 1 aromatic carbocycles. The van der Waals surface area contributed by atoms with E-state index in [1.54, 1.807) is 11.3 Å². The molecule has 1 unspecified atom stereocenters. The van der Waals surface area contributed by atoms with Crippen molar-refractivity contribution in [1.29, 1.82) is 0 Å². The van der Waals surface area contributed by atoms with E-state index in [1.165, 1.54) is 34.2 Å². The van der Waals surface area contributed by atoms with Crippen LogP contribution in [0.3, 0.4) is 0 Å². The Balaban J connectivity index is 1.31. The van der Waals surface area contributed by atoms with Gasteiger partial charge in [-0.2, -0.15) is 0 Å². The third-order valence-electron chi connectivity index (χ3n) is 7.13. The van der Waals surface area contributed by atoms with Gasteiger partial charge in [-0.15, -0.1) is 11.3 Å². The van der Waals surface area contributed by atoms with Gasteiger partial charge in [0.05, 0.1) is 11.1 Å². The van der Waals surface area contributed by atoms with Crippen LogP contribution in [0.1, 0.15) is 73.9 Å². The van der Waals surface area contributed by atoms with Gasteiger partial charge in [0.15, 0.2) is 5.16 Å². The lowest BCUT2D eigenvalue weighted by atomic mass is 9.97. The minimum absolute atomic E-state index is 0.00311. The van der Waals surface area contributed by atoms with Gasteiger partial charge >= 0.3 is 0 Å². The molecule has 180 valence electrons. The van der Waals surface area contributed by atoms with Crippen LogP contribution in [0, 0.1) is 0 Å². The van der Waals surface area contributed by atoms with Crippen molar-refractivity contribution in [1.82, 2.24) is 14.9 Å². The number of hydrogen-bond donors (Lipinski definition) is 1. The number of aryl methyl sites for hydroxylation is 3. The lowest BCUT2D eigenvalue weighted by Gasteiger charge is -2.19. The number of aromatic nitrogens is 2. The number of thioether (sulfide) groups is 1. The maximum Gasteiger partial charge on any atom is 0.263 e. The van der Waals surface area contributed by atoms with Gasteiger partial charge in [-0.25, -0.2) is 4.98 Å². The first kappa shape index (κ1) is 23.6. The number of carbonyl (C=O) groups is 1. The van der Waals surface area contributed by atoms with Crippen LogP contribution in [0.15, 0.2) is 40.3 Å². The Morgan fingerprint density at radius 2 is 1.94 bits per heavy atom. The van der Waals surface area contributed by atoms with Crippen LogP contribution >= 0.6 is 23.1 Å². The van der Waals surface area contributed by atoms with Crippen LogP contribution in [0.5, 0.6) is 0 Å². The van der Waals surface area contributed by atoms with Crippen molar-refractivity contribution in [2.75, 3.05) is 5.75 Å². The number of nitrogens with one attached hydrogen (secondary N) is 1. The highest BCUT2D eigenvalue weighted by molar-refractivity contribution is 7.99. The van der Waals surface area contributed by atoms with E-state index >= 15 is 0 Å². The number of thiophene rings is 1. The van der Waals surface area contributed by atoms with E-state index in [0.29, 0.717) is 0 Å². The van der Waals surface area contributed by atoms with Crippen molar-refractivity contribution in [2.45, 2.75) is 88.4 Å². The molecule has 5 rings (SSSR count). The van der Waals surface area contributed by atoms with Crippen molar-refractivity contribution < 1.29 is 4.79 Å². The minimum atomic E-state index is 0.00311. The van der Waals surface area contributed by atoms with Gasteiger partial charge in [-0.05, 0) is 69.4 Å². The number of carbonyl (C=O) groups excluding carboxylic acids is 1. The van der Waals surface area contributed by atoms with Gasteiger partial charge in [0.2, 0.25) is 5.91 Å². The lowest BCUT2D eigenvalue weighted by molar-refractivity contribution is -0.119. The smallest absolute Gasteiger partial charge is 0.263 e. The Kier molecular flexibility index (Phi) is 7.40. The van der Waals surface area contributed by atoms with E-state index in [0.717, 1.165) is 73.2 Å². The van der Waals surface area contributed by atoms with Gasteiger partial charge in [0, 0.05) is 17.0 Å². The Morgan fingerprint density at radius 1 is 1.18 bits per heavy atom. The first-order valence-corrected chi connectivity index (χ1v) is 14.4. The quantitative estimate of drug-likeness (QED) is 0.322. The number of rotatable bonds is 8. The van der Waals surface area contributed by atoms with Crippen molar-refractivity contribution in [3.63, 3.8) is 0 Å². The highest BCUT2D eigenvalue weighted by Crippen LogP contribution is 2.37. The summed E-state index contributed by atoms with van der Waals surface area (Å²) in [6.07, 6.45) is 10.6. The summed E-state index contributed by atoms with van der Waals surface area (Å²) in [5, 5.41) is 4.70. The second kappa shape index (κ2) is 10.6. The largest absolute Gasteiger partial charge is 0.353 e. The van der Waals surface area contributed by atoms with Crippen molar-refractivity contribution in [3.8, 4) is 0 Å². The topological polar surface area (TPSA) is 64.0 Å².